The van der Waals surface area contributed by atoms with E-state index in [1.54, 1.807) is 24.5 Å². The molecule has 0 aliphatic carbocycles. The summed E-state index contributed by atoms with van der Waals surface area (Å²) in [5.74, 6) is -1.70. The van der Waals surface area contributed by atoms with Gasteiger partial charge in [-0.2, -0.15) is 0 Å². The number of benzene rings is 2. The minimum Gasteiger partial charge on any atom is -0.398 e. The summed E-state index contributed by atoms with van der Waals surface area (Å²) in [6.07, 6.45) is 3.40. The quantitative estimate of drug-likeness (QED) is 0.721. The van der Waals surface area contributed by atoms with Crippen LogP contribution in [0.5, 0.6) is 0 Å². The third-order valence-corrected chi connectivity index (χ3v) is 3.32. The van der Waals surface area contributed by atoms with Crippen LogP contribution in [0.4, 0.5) is 20.2 Å². The Labute approximate surface area is 120 Å². The first-order valence-electron chi connectivity index (χ1n) is 6.45. The van der Waals surface area contributed by atoms with Crippen LogP contribution in [0.25, 0.3) is 10.8 Å². The third kappa shape index (κ3) is 2.63. The van der Waals surface area contributed by atoms with Crippen LogP contribution in [0.15, 0.2) is 48.8 Å². The number of rotatable bonds is 3. The molecular formula is C16H13F2N3. The maximum absolute atomic E-state index is 13.2. The number of hydrogen-bond donors (Lipinski definition) is 2. The second-order valence-corrected chi connectivity index (χ2v) is 4.73. The number of aromatic nitrogens is 1. The van der Waals surface area contributed by atoms with E-state index in [2.05, 4.69) is 10.3 Å². The first-order chi connectivity index (χ1) is 10.1. The Kier molecular flexibility index (Phi) is 3.39. The van der Waals surface area contributed by atoms with Gasteiger partial charge in [-0.15, -0.1) is 0 Å². The Bertz CT molecular complexity index is 803. The van der Waals surface area contributed by atoms with Crippen LogP contribution in [0.1, 0.15) is 5.56 Å². The standard InChI is InChI=1S/C16H13F2N3/c17-13-2-1-10(7-14(13)18)8-21-16-4-3-15(19)11-5-6-20-9-12(11)16/h1-7,9,21H,8,19H2. The highest BCUT2D eigenvalue weighted by molar-refractivity contribution is 6.00. The van der Waals surface area contributed by atoms with Gasteiger partial charge >= 0.3 is 0 Å². The van der Waals surface area contributed by atoms with Gasteiger partial charge in [0.15, 0.2) is 11.6 Å². The summed E-state index contributed by atoms with van der Waals surface area (Å²) >= 11 is 0. The topological polar surface area (TPSA) is 50.9 Å². The predicted molar refractivity (Wildman–Crippen MR) is 79.8 cm³/mol. The van der Waals surface area contributed by atoms with Crippen molar-refractivity contribution in [2.75, 3.05) is 11.1 Å². The normalized spacial score (nSPS) is 10.8. The molecule has 0 atom stereocenters. The zero-order chi connectivity index (χ0) is 14.8. The molecular weight excluding hydrogens is 272 g/mol. The van der Waals surface area contributed by atoms with Gasteiger partial charge in [-0.05, 0) is 35.9 Å². The number of halogens is 2. The van der Waals surface area contributed by atoms with E-state index in [0.717, 1.165) is 22.5 Å². The van der Waals surface area contributed by atoms with Crippen molar-refractivity contribution in [3.05, 3.63) is 66.0 Å². The highest BCUT2D eigenvalue weighted by Gasteiger charge is 2.06. The summed E-state index contributed by atoms with van der Waals surface area (Å²) in [4.78, 5) is 4.09. The van der Waals surface area contributed by atoms with Crippen molar-refractivity contribution in [2.45, 2.75) is 6.54 Å². The number of pyridine rings is 1. The fraction of sp³-hybridized carbons (Fsp3) is 0.0625. The molecule has 2 aromatic carbocycles. The number of nitrogens with zero attached hydrogens (tertiary/aromatic N) is 1. The Morgan fingerprint density at radius 2 is 1.86 bits per heavy atom. The molecule has 0 saturated carbocycles. The first kappa shape index (κ1) is 13.3. The Morgan fingerprint density at radius 1 is 1.00 bits per heavy atom. The number of anilines is 2. The largest absolute Gasteiger partial charge is 0.398 e. The fourth-order valence-electron chi connectivity index (χ4n) is 2.21. The molecule has 0 aliphatic heterocycles. The molecule has 0 spiro atoms. The van der Waals surface area contributed by atoms with Crippen LogP contribution in [-0.2, 0) is 6.54 Å². The second-order valence-electron chi connectivity index (χ2n) is 4.73. The lowest BCUT2D eigenvalue weighted by Gasteiger charge is -2.11. The maximum Gasteiger partial charge on any atom is 0.159 e. The summed E-state index contributed by atoms with van der Waals surface area (Å²) in [5.41, 5.74) is 8.09. The van der Waals surface area contributed by atoms with Gasteiger partial charge in [-0.3, -0.25) is 4.98 Å². The average Bonchev–Trinajstić information content (AvgIpc) is 2.50. The lowest BCUT2D eigenvalue weighted by atomic mass is 10.1. The molecule has 1 aromatic heterocycles. The molecule has 3 aromatic rings. The Hall–Kier alpha value is -2.69. The van der Waals surface area contributed by atoms with Gasteiger partial charge in [0, 0.05) is 41.1 Å². The molecule has 3 N–H and O–H groups in total. The van der Waals surface area contributed by atoms with Crippen molar-refractivity contribution in [1.82, 2.24) is 4.98 Å². The molecule has 0 amide bonds. The smallest absolute Gasteiger partial charge is 0.159 e. The molecule has 0 bridgehead atoms. The zero-order valence-corrected chi connectivity index (χ0v) is 11.1. The van der Waals surface area contributed by atoms with Crippen LogP contribution >= 0.6 is 0 Å². The molecule has 0 aliphatic rings. The van der Waals surface area contributed by atoms with Gasteiger partial charge in [0.2, 0.25) is 0 Å². The molecule has 0 saturated heterocycles. The van der Waals surface area contributed by atoms with Crippen LogP contribution in [0, 0.1) is 11.6 Å². The van der Waals surface area contributed by atoms with E-state index in [1.165, 1.54) is 6.07 Å². The van der Waals surface area contributed by atoms with Crippen molar-refractivity contribution in [3.8, 4) is 0 Å². The van der Waals surface area contributed by atoms with Crippen LogP contribution in [0.2, 0.25) is 0 Å². The van der Waals surface area contributed by atoms with Crippen LogP contribution in [0.3, 0.4) is 0 Å². The van der Waals surface area contributed by atoms with Crippen molar-refractivity contribution >= 4 is 22.1 Å². The first-order valence-corrected chi connectivity index (χ1v) is 6.45. The molecule has 106 valence electrons. The van der Waals surface area contributed by atoms with E-state index in [0.29, 0.717) is 17.8 Å². The number of nitrogens with two attached hydrogens (primary N) is 1. The number of hydrogen-bond acceptors (Lipinski definition) is 3. The summed E-state index contributed by atoms with van der Waals surface area (Å²) in [5, 5.41) is 4.99. The molecule has 3 nitrogen and oxygen atoms in total. The minimum atomic E-state index is -0.849. The lowest BCUT2D eigenvalue weighted by Crippen LogP contribution is -2.02. The van der Waals surface area contributed by atoms with E-state index in [4.69, 9.17) is 5.73 Å². The van der Waals surface area contributed by atoms with Crippen LogP contribution < -0.4 is 11.1 Å². The Morgan fingerprint density at radius 3 is 2.67 bits per heavy atom. The van der Waals surface area contributed by atoms with Gasteiger partial charge in [0.1, 0.15) is 0 Å². The van der Waals surface area contributed by atoms with Crippen molar-refractivity contribution in [1.29, 1.82) is 0 Å². The zero-order valence-electron chi connectivity index (χ0n) is 11.1. The third-order valence-electron chi connectivity index (χ3n) is 3.32. The van der Waals surface area contributed by atoms with Gasteiger partial charge < -0.3 is 11.1 Å². The molecule has 1 heterocycles. The highest BCUT2D eigenvalue weighted by atomic mass is 19.2. The van der Waals surface area contributed by atoms with E-state index in [-0.39, 0.29) is 0 Å². The number of nitrogen functional groups attached to an aromatic ring is 1. The summed E-state index contributed by atoms with van der Waals surface area (Å²) in [6, 6.07) is 9.33. The van der Waals surface area contributed by atoms with E-state index in [1.807, 2.05) is 12.1 Å². The monoisotopic (exact) mass is 285 g/mol. The molecule has 0 unspecified atom stereocenters. The summed E-state index contributed by atoms with van der Waals surface area (Å²) < 4.78 is 26.1. The van der Waals surface area contributed by atoms with Gasteiger partial charge in [0.25, 0.3) is 0 Å². The average molecular weight is 285 g/mol. The molecule has 0 fully saturated rings. The predicted octanol–water partition coefficient (Wildman–Crippen LogP) is 3.71. The number of nitrogens with one attached hydrogen (secondary N) is 1. The van der Waals surface area contributed by atoms with Crippen molar-refractivity contribution < 1.29 is 8.78 Å². The second kappa shape index (κ2) is 5.36. The molecule has 5 heteroatoms. The van der Waals surface area contributed by atoms with Gasteiger partial charge in [0.05, 0.1) is 0 Å². The van der Waals surface area contributed by atoms with E-state index >= 15 is 0 Å². The molecule has 21 heavy (non-hydrogen) atoms. The lowest BCUT2D eigenvalue weighted by molar-refractivity contribution is 0.507. The Balaban J connectivity index is 1.88. The summed E-state index contributed by atoms with van der Waals surface area (Å²) in [6.45, 7) is 0.380. The SMILES string of the molecule is Nc1ccc(NCc2ccc(F)c(F)c2)c2cnccc12. The van der Waals surface area contributed by atoms with Crippen molar-refractivity contribution in [3.63, 3.8) is 0 Å². The summed E-state index contributed by atoms with van der Waals surface area (Å²) in [7, 11) is 0. The van der Waals surface area contributed by atoms with E-state index in [9.17, 15) is 8.78 Å². The number of fused-ring (bicyclic) bond motifs is 1. The minimum absolute atomic E-state index is 0.380. The van der Waals surface area contributed by atoms with E-state index < -0.39 is 11.6 Å². The highest BCUT2D eigenvalue weighted by Crippen LogP contribution is 2.27. The van der Waals surface area contributed by atoms with Crippen LogP contribution in [-0.4, -0.2) is 4.98 Å². The molecule has 0 radical (unpaired) electrons. The fourth-order valence-corrected chi connectivity index (χ4v) is 2.21. The maximum atomic E-state index is 13.2. The van der Waals surface area contributed by atoms with Gasteiger partial charge in [-0.1, -0.05) is 6.07 Å². The van der Waals surface area contributed by atoms with Crippen molar-refractivity contribution in [2.24, 2.45) is 0 Å². The molecule has 3 rings (SSSR count). The van der Waals surface area contributed by atoms with Gasteiger partial charge in [-0.25, -0.2) is 8.78 Å².